The van der Waals surface area contributed by atoms with Crippen LogP contribution in [0.2, 0.25) is 0 Å². The maximum Gasteiger partial charge on any atom is 0.422 e. The Hall–Kier alpha value is -2.85. The van der Waals surface area contributed by atoms with Gasteiger partial charge in [0.05, 0.1) is 4.92 Å². The highest BCUT2D eigenvalue weighted by Crippen LogP contribution is 2.32. The Morgan fingerprint density at radius 1 is 1.27 bits per heavy atom. The molecule has 0 radical (unpaired) electrons. The highest BCUT2D eigenvalue weighted by Gasteiger charge is 2.32. The average molecular weight is 323 g/mol. The summed E-state index contributed by atoms with van der Waals surface area (Å²) in [4.78, 5) is 31.4. The Morgan fingerprint density at radius 2 is 1.82 bits per heavy atom. The molecule has 0 aromatic heterocycles. The number of carboxylic acid groups (broad SMARTS) is 2. The molecule has 0 amide bonds. The van der Waals surface area contributed by atoms with Gasteiger partial charge in [0.2, 0.25) is 0 Å². The van der Waals surface area contributed by atoms with E-state index in [1.165, 1.54) is 0 Å². The van der Waals surface area contributed by atoms with E-state index in [0.29, 0.717) is 12.1 Å². The lowest BCUT2D eigenvalue weighted by Gasteiger charge is -2.12. The second kappa shape index (κ2) is 6.28. The predicted octanol–water partition coefficient (Wildman–Crippen LogP) is 1.79. The second-order valence-electron chi connectivity index (χ2n) is 4.00. The summed E-state index contributed by atoms with van der Waals surface area (Å²) in [6.45, 7) is -1.85. The van der Waals surface area contributed by atoms with E-state index in [9.17, 15) is 32.9 Å². The smallest absolute Gasteiger partial charge is 0.422 e. The Bertz CT molecular complexity index is 600. The van der Waals surface area contributed by atoms with Crippen LogP contribution in [0.15, 0.2) is 18.2 Å². The lowest BCUT2D eigenvalue weighted by atomic mass is 9.99. The summed E-state index contributed by atoms with van der Waals surface area (Å²) in [6.07, 6.45) is -4.77. The van der Waals surface area contributed by atoms with Gasteiger partial charge in [-0.05, 0) is 11.6 Å². The summed E-state index contributed by atoms with van der Waals surface area (Å²) in [5.74, 6) is -6.51. The Morgan fingerprint density at radius 3 is 2.23 bits per heavy atom. The molecule has 0 saturated carbocycles. The lowest BCUT2D eigenvalue weighted by Crippen LogP contribution is -2.22. The summed E-state index contributed by atoms with van der Waals surface area (Å²) >= 11 is 0. The summed E-state index contributed by atoms with van der Waals surface area (Å²) in [6, 6.07) is 2.10. The van der Waals surface area contributed by atoms with Gasteiger partial charge in [0.1, 0.15) is 0 Å². The van der Waals surface area contributed by atoms with Crippen LogP contribution in [-0.2, 0) is 9.59 Å². The molecule has 0 aliphatic heterocycles. The first-order valence-electron chi connectivity index (χ1n) is 5.46. The SMILES string of the molecule is O=C(O)C(C(=O)O)c1ccc([N+](=O)[O-])c(OCC(F)(F)F)c1. The average Bonchev–Trinajstić information content (AvgIpc) is 2.34. The molecule has 0 aliphatic rings. The van der Waals surface area contributed by atoms with Gasteiger partial charge < -0.3 is 14.9 Å². The van der Waals surface area contributed by atoms with Crippen molar-refractivity contribution in [3.05, 3.63) is 33.9 Å². The first kappa shape index (κ1) is 17.2. The molecular weight excluding hydrogens is 315 g/mol. The standard InChI is InChI=1S/C11H8F3NO7/c12-11(13,14)4-22-7-3-5(1-2-6(7)15(20)21)8(9(16)17)10(18)19/h1-3,8H,4H2,(H,16,17)(H,18,19). The van der Waals surface area contributed by atoms with Crippen molar-refractivity contribution < 1.29 is 42.6 Å². The van der Waals surface area contributed by atoms with Crippen LogP contribution in [0.1, 0.15) is 11.5 Å². The molecule has 8 nitrogen and oxygen atoms in total. The molecule has 1 aromatic rings. The highest BCUT2D eigenvalue weighted by atomic mass is 19.4. The number of hydrogen-bond acceptors (Lipinski definition) is 5. The van der Waals surface area contributed by atoms with Crippen LogP contribution in [-0.4, -0.2) is 39.9 Å². The molecule has 0 spiro atoms. The molecule has 0 aliphatic carbocycles. The quantitative estimate of drug-likeness (QED) is 0.464. The van der Waals surface area contributed by atoms with Gasteiger partial charge in [0.25, 0.3) is 0 Å². The number of hydrogen-bond donors (Lipinski definition) is 2. The number of ether oxygens (including phenoxy) is 1. The van der Waals surface area contributed by atoms with Crippen molar-refractivity contribution in [2.45, 2.75) is 12.1 Å². The van der Waals surface area contributed by atoms with Gasteiger partial charge in [-0.3, -0.25) is 19.7 Å². The fourth-order valence-corrected chi connectivity index (χ4v) is 1.53. The number of halogens is 3. The molecule has 2 N–H and O–H groups in total. The third-order valence-corrected chi connectivity index (χ3v) is 2.40. The Labute approximate surface area is 119 Å². The number of nitrogens with zero attached hydrogens (tertiary/aromatic N) is 1. The molecule has 120 valence electrons. The van der Waals surface area contributed by atoms with Crippen molar-refractivity contribution in [2.75, 3.05) is 6.61 Å². The van der Waals surface area contributed by atoms with Crippen molar-refractivity contribution in [1.29, 1.82) is 0 Å². The van der Waals surface area contributed by atoms with Crippen molar-refractivity contribution in [1.82, 2.24) is 0 Å². The minimum Gasteiger partial charge on any atom is -0.480 e. The minimum atomic E-state index is -4.77. The fraction of sp³-hybridized carbons (Fsp3) is 0.273. The predicted molar refractivity (Wildman–Crippen MR) is 62.7 cm³/mol. The van der Waals surface area contributed by atoms with Crippen LogP contribution in [0.4, 0.5) is 18.9 Å². The Balaban J connectivity index is 3.26. The molecule has 0 saturated heterocycles. The van der Waals surface area contributed by atoms with Crippen LogP contribution >= 0.6 is 0 Å². The molecule has 1 aromatic carbocycles. The number of nitro benzene ring substituents is 1. The van der Waals surface area contributed by atoms with Crippen LogP contribution in [0.5, 0.6) is 5.75 Å². The van der Waals surface area contributed by atoms with Gasteiger partial charge in [0.15, 0.2) is 18.3 Å². The summed E-state index contributed by atoms with van der Waals surface area (Å²) in [5.41, 5.74) is -1.30. The van der Waals surface area contributed by atoms with Gasteiger partial charge >= 0.3 is 23.8 Å². The first-order valence-corrected chi connectivity index (χ1v) is 5.46. The largest absolute Gasteiger partial charge is 0.480 e. The summed E-state index contributed by atoms with van der Waals surface area (Å²) in [5, 5.41) is 28.3. The van der Waals surface area contributed by atoms with E-state index in [1.54, 1.807) is 0 Å². The molecular formula is C11H8F3NO7. The van der Waals surface area contributed by atoms with Crippen molar-refractivity contribution in [3.63, 3.8) is 0 Å². The lowest BCUT2D eigenvalue weighted by molar-refractivity contribution is -0.386. The van der Waals surface area contributed by atoms with E-state index >= 15 is 0 Å². The van der Waals surface area contributed by atoms with E-state index in [1.807, 2.05) is 0 Å². The van der Waals surface area contributed by atoms with E-state index in [0.717, 1.165) is 6.07 Å². The maximum absolute atomic E-state index is 12.1. The maximum atomic E-state index is 12.1. The molecule has 0 bridgehead atoms. The van der Waals surface area contributed by atoms with Crippen molar-refractivity contribution in [3.8, 4) is 5.75 Å². The summed E-state index contributed by atoms with van der Waals surface area (Å²) < 4.78 is 40.6. The number of benzene rings is 1. The number of alkyl halides is 3. The molecule has 0 atom stereocenters. The number of carbonyl (C=O) groups is 2. The zero-order valence-corrected chi connectivity index (χ0v) is 10.5. The zero-order chi connectivity index (χ0) is 17.1. The first-order chi connectivity index (χ1) is 10.0. The molecule has 0 heterocycles. The third-order valence-electron chi connectivity index (χ3n) is 2.40. The minimum absolute atomic E-state index is 0.456. The van der Waals surface area contributed by atoms with Crippen LogP contribution in [0, 0.1) is 10.1 Å². The van der Waals surface area contributed by atoms with Gasteiger partial charge in [-0.2, -0.15) is 13.2 Å². The van der Waals surface area contributed by atoms with Gasteiger partial charge in [-0.15, -0.1) is 0 Å². The normalized spacial score (nSPS) is 11.3. The van der Waals surface area contributed by atoms with Crippen LogP contribution < -0.4 is 4.74 Å². The fourth-order valence-electron chi connectivity index (χ4n) is 1.53. The highest BCUT2D eigenvalue weighted by molar-refractivity contribution is 5.99. The summed E-state index contributed by atoms with van der Waals surface area (Å²) in [7, 11) is 0. The van der Waals surface area contributed by atoms with E-state index in [4.69, 9.17) is 10.2 Å². The second-order valence-corrected chi connectivity index (χ2v) is 4.00. The molecule has 11 heteroatoms. The monoisotopic (exact) mass is 323 g/mol. The van der Waals surface area contributed by atoms with E-state index in [2.05, 4.69) is 4.74 Å². The molecule has 1 rings (SSSR count). The third kappa shape index (κ3) is 4.33. The van der Waals surface area contributed by atoms with Gasteiger partial charge in [-0.1, -0.05) is 6.07 Å². The van der Waals surface area contributed by atoms with Gasteiger partial charge in [-0.25, -0.2) is 0 Å². The molecule has 0 fully saturated rings. The van der Waals surface area contributed by atoms with E-state index in [-0.39, 0.29) is 0 Å². The topological polar surface area (TPSA) is 127 Å². The Kier molecular flexibility index (Phi) is 4.91. The van der Waals surface area contributed by atoms with Crippen molar-refractivity contribution in [2.24, 2.45) is 0 Å². The van der Waals surface area contributed by atoms with Crippen molar-refractivity contribution >= 4 is 17.6 Å². The number of rotatable bonds is 6. The number of nitro groups is 1. The number of carboxylic acids is 2. The van der Waals surface area contributed by atoms with Gasteiger partial charge in [0, 0.05) is 6.07 Å². The van der Waals surface area contributed by atoms with E-state index < -0.39 is 52.6 Å². The zero-order valence-electron chi connectivity index (χ0n) is 10.5. The van der Waals surface area contributed by atoms with Crippen LogP contribution in [0.3, 0.4) is 0 Å². The molecule has 0 unspecified atom stereocenters. The van der Waals surface area contributed by atoms with Crippen LogP contribution in [0.25, 0.3) is 0 Å². The molecule has 22 heavy (non-hydrogen) atoms. The number of aliphatic carboxylic acids is 2.